The number of anilines is 1. The van der Waals surface area contributed by atoms with Crippen LogP contribution >= 0.6 is 11.8 Å². The highest BCUT2D eigenvalue weighted by Crippen LogP contribution is 2.23. The average molecular weight is 324 g/mol. The zero-order valence-electron chi connectivity index (χ0n) is 11.9. The molecule has 0 aliphatic heterocycles. The molecule has 1 amide bonds. The molecule has 114 valence electrons. The second-order valence-electron chi connectivity index (χ2n) is 4.74. The lowest BCUT2D eigenvalue weighted by molar-refractivity contribution is 0.102. The van der Waals surface area contributed by atoms with E-state index in [-0.39, 0.29) is 17.3 Å². The molecule has 0 aliphatic rings. The molecule has 23 heavy (non-hydrogen) atoms. The summed E-state index contributed by atoms with van der Waals surface area (Å²) < 4.78 is 0. The smallest absolute Gasteiger partial charge is 0.322 e. The van der Waals surface area contributed by atoms with Crippen molar-refractivity contribution in [3.8, 4) is 6.07 Å². The van der Waals surface area contributed by atoms with Gasteiger partial charge in [-0.25, -0.2) is 4.79 Å². The van der Waals surface area contributed by atoms with Crippen molar-refractivity contribution in [3.63, 3.8) is 0 Å². The van der Waals surface area contributed by atoms with Crippen molar-refractivity contribution in [3.05, 3.63) is 58.5 Å². The molecule has 0 saturated heterocycles. The Labute approximate surface area is 135 Å². The molecule has 0 spiro atoms. The second-order valence-corrected chi connectivity index (χ2v) is 5.75. The Morgan fingerprint density at radius 2 is 1.96 bits per heavy atom. The first kappa shape index (κ1) is 14.9. The van der Waals surface area contributed by atoms with Gasteiger partial charge in [0, 0.05) is 10.6 Å². The molecule has 0 unspecified atom stereocenters. The first-order valence-electron chi connectivity index (χ1n) is 6.79. The fraction of sp³-hybridized carbons (Fsp3) is 0.0625. The van der Waals surface area contributed by atoms with Crippen LogP contribution in [0.15, 0.2) is 52.2 Å². The van der Waals surface area contributed by atoms with Crippen LogP contribution in [0.4, 0.5) is 5.69 Å². The van der Waals surface area contributed by atoms with Crippen LogP contribution in [0.1, 0.15) is 10.4 Å². The van der Waals surface area contributed by atoms with Gasteiger partial charge in [0.05, 0.1) is 28.4 Å². The number of fused-ring (bicyclic) bond motifs is 1. The summed E-state index contributed by atoms with van der Waals surface area (Å²) in [6.45, 7) is 0. The van der Waals surface area contributed by atoms with Gasteiger partial charge in [0.1, 0.15) is 0 Å². The molecule has 6 nitrogen and oxygen atoms in total. The van der Waals surface area contributed by atoms with Crippen LogP contribution < -0.4 is 11.0 Å². The molecule has 3 aromatic rings. The molecule has 0 fully saturated rings. The van der Waals surface area contributed by atoms with E-state index in [1.807, 2.05) is 18.2 Å². The molecule has 0 radical (unpaired) electrons. The molecule has 0 saturated carbocycles. The third-order valence-corrected chi connectivity index (χ3v) is 4.14. The van der Waals surface area contributed by atoms with Crippen molar-refractivity contribution in [1.82, 2.24) is 9.97 Å². The van der Waals surface area contributed by atoms with Crippen LogP contribution in [0.5, 0.6) is 0 Å². The molecule has 0 bridgehead atoms. The number of nitrogens with zero attached hydrogens (tertiary/aromatic N) is 1. The zero-order chi connectivity index (χ0) is 16.2. The standard InChI is InChI=1S/C16H12N4O2S/c17-7-8-23-14-4-2-1-3-11(14)15(21)18-10-5-6-12-13(9-10)20-16(22)19-12/h1-6,9H,8H2,(H,18,21)(H2,19,20,22). The normalized spacial score (nSPS) is 10.4. The van der Waals surface area contributed by atoms with Gasteiger partial charge in [0.2, 0.25) is 0 Å². The number of rotatable bonds is 4. The first-order chi connectivity index (χ1) is 11.2. The van der Waals surface area contributed by atoms with Gasteiger partial charge < -0.3 is 15.3 Å². The summed E-state index contributed by atoms with van der Waals surface area (Å²) in [6, 6.07) is 14.3. The van der Waals surface area contributed by atoms with Gasteiger partial charge in [-0.15, -0.1) is 11.8 Å². The molecule has 7 heteroatoms. The number of nitriles is 1. The number of imidazole rings is 1. The number of amides is 1. The number of hydrogen-bond acceptors (Lipinski definition) is 4. The van der Waals surface area contributed by atoms with Crippen molar-refractivity contribution in [1.29, 1.82) is 5.26 Å². The molecule has 3 rings (SSSR count). The Bertz CT molecular complexity index is 968. The minimum atomic E-state index is -0.290. The topological polar surface area (TPSA) is 102 Å². The van der Waals surface area contributed by atoms with E-state index in [0.29, 0.717) is 22.3 Å². The van der Waals surface area contributed by atoms with Gasteiger partial charge in [0.25, 0.3) is 5.91 Å². The molecule has 3 N–H and O–H groups in total. The Morgan fingerprint density at radius 3 is 2.78 bits per heavy atom. The van der Waals surface area contributed by atoms with Gasteiger partial charge in [0.15, 0.2) is 0 Å². The van der Waals surface area contributed by atoms with Gasteiger partial charge in [-0.05, 0) is 30.3 Å². The van der Waals surface area contributed by atoms with Crippen LogP contribution in [0, 0.1) is 11.3 Å². The molecule has 0 atom stereocenters. The van der Waals surface area contributed by atoms with E-state index in [1.54, 1.807) is 30.3 Å². The lowest BCUT2D eigenvalue weighted by Gasteiger charge is -2.09. The van der Waals surface area contributed by atoms with Gasteiger partial charge in [-0.1, -0.05) is 12.1 Å². The maximum Gasteiger partial charge on any atom is 0.323 e. The third kappa shape index (κ3) is 3.27. The maximum absolute atomic E-state index is 12.5. The molecule has 2 aromatic carbocycles. The van der Waals surface area contributed by atoms with E-state index in [0.717, 1.165) is 4.90 Å². The molecule has 1 aromatic heterocycles. The van der Waals surface area contributed by atoms with Crippen molar-refractivity contribution in [2.75, 3.05) is 11.1 Å². The van der Waals surface area contributed by atoms with Crippen LogP contribution in [-0.4, -0.2) is 21.6 Å². The summed E-state index contributed by atoms with van der Waals surface area (Å²) in [7, 11) is 0. The van der Waals surface area contributed by atoms with E-state index < -0.39 is 0 Å². The fourth-order valence-corrected chi connectivity index (χ4v) is 2.91. The van der Waals surface area contributed by atoms with Crippen LogP contribution in [0.3, 0.4) is 0 Å². The van der Waals surface area contributed by atoms with E-state index in [1.165, 1.54) is 11.8 Å². The number of aromatic amines is 2. The number of carbonyl (C=O) groups is 1. The largest absolute Gasteiger partial charge is 0.323 e. The number of thioether (sulfide) groups is 1. The number of carbonyl (C=O) groups excluding carboxylic acids is 1. The molecule has 1 heterocycles. The quantitative estimate of drug-likeness (QED) is 0.642. The minimum Gasteiger partial charge on any atom is -0.322 e. The van der Waals surface area contributed by atoms with E-state index in [2.05, 4.69) is 15.3 Å². The van der Waals surface area contributed by atoms with Crippen LogP contribution in [0.2, 0.25) is 0 Å². The highest BCUT2D eigenvalue weighted by molar-refractivity contribution is 7.99. The Morgan fingerprint density at radius 1 is 1.17 bits per heavy atom. The van der Waals surface area contributed by atoms with E-state index in [4.69, 9.17) is 5.26 Å². The summed E-state index contributed by atoms with van der Waals surface area (Å²) in [5, 5.41) is 11.5. The number of aromatic nitrogens is 2. The maximum atomic E-state index is 12.5. The summed E-state index contributed by atoms with van der Waals surface area (Å²) in [6.07, 6.45) is 0. The SMILES string of the molecule is N#CCSc1ccccc1C(=O)Nc1ccc2[nH]c(=O)[nH]c2c1. The van der Waals surface area contributed by atoms with Gasteiger partial charge >= 0.3 is 5.69 Å². The monoisotopic (exact) mass is 324 g/mol. The summed E-state index contributed by atoms with van der Waals surface area (Å²) in [5.74, 6) is 0.0178. The highest BCUT2D eigenvalue weighted by atomic mass is 32.2. The zero-order valence-corrected chi connectivity index (χ0v) is 12.7. The van der Waals surface area contributed by atoms with Crippen LogP contribution in [-0.2, 0) is 0 Å². The Balaban J connectivity index is 1.85. The van der Waals surface area contributed by atoms with Crippen molar-refractivity contribution < 1.29 is 4.79 Å². The Hall–Kier alpha value is -2.98. The number of H-pyrrole nitrogens is 2. The van der Waals surface area contributed by atoms with Gasteiger partial charge in [-0.2, -0.15) is 5.26 Å². The average Bonchev–Trinajstić information content (AvgIpc) is 2.92. The van der Waals surface area contributed by atoms with E-state index >= 15 is 0 Å². The molecular formula is C16H12N4O2S. The third-order valence-electron chi connectivity index (χ3n) is 3.20. The van der Waals surface area contributed by atoms with Gasteiger partial charge in [-0.3, -0.25) is 4.79 Å². The first-order valence-corrected chi connectivity index (χ1v) is 7.78. The minimum absolute atomic E-state index is 0.261. The predicted molar refractivity (Wildman–Crippen MR) is 89.7 cm³/mol. The highest BCUT2D eigenvalue weighted by Gasteiger charge is 2.12. The second kappa shape index (κ2) is 6.42. The number of hydrogen-bond donors (Lipinski definition) is 3. The number of nitrogens with one attached hydrogen (secondary N) is 3. The lowest BCUT2D eigenvalue weighted by Crippen LogP contribution is -2.13. The molecular weight excluding hydrogens is 312 g/mol. The van der Waals surface area contributed by atoms with Crippen molar-refractivity contribution in [2.24, 2.45) is 0 Å². The summed E-state index contributed by atoms with van der Waals surface area (Å²) in [4.78, 5) is 29.8. The number of benzene rings is 2. The Kier molecular flexibility index (Phi) is 4.17. The molecule has 0 aliphatic carbocycles. The van der Waals surface area contributed by atoms with Crippen molar-refractivity contribution >= 4 is 34.4 Å². The van der Waals surface area contributed by atoms with E-state index in [9.17, 15) is 9.59 Å². The predicted octanol–water partition coefficient (Wildman–Crippen LogP) is 2.72. The lowest BCUT2D eigenvalue weighted by atomic mass is 10.2. The summed E-state index contributed by atoms with van der Waals surface area (Å²) >= 11 is 1.32. The fourth-order valence-electron chi connectivity index (χ4n) is 2.20. The van der Waals surface area contributed by atoms with Crippen molar-refractivity contribution in [2.45, 2.75) is 4.90 Å². The van der Waals surface area contributed by atoms with Crippen LogP contribution in [0.25, 0.3) is 11.0 Å². The summed E-state index contributed by atoms with van der Waals surface area (Å²) in [5.41, 5.74) is 2.10.